The molecule has 162 valence electrons. The zero-order valence-electron chi connectivity index (χ0n) is 17.6. The van der Waals surface area contributed by atoms with Crippen molar-refractivity contribution in [1.29, 1.82) is 5.26 Å². The Morgan fingerprint density at radius 2 is 2.09 bits per heavy atom. The van der Waals surface area contributed by atoms with Crippen molar-refractivity contribution in [2.24, 2.45) is 0 Å². The van der Waals surface area contributed by atoms with E-state index in [1.807, 2.05) is 6.07 Å². The van der Waals surface area contributed by atoms with Crippen LogP contribution in [0.4, 0.5) is 5.82 Å². The number of hydrogen-bond acceptors (Lipinski definition) is 9. The molecule has 1 amide bonds. The molecule has 1 aromatic carbocycles. The lowest BCUT2D eigenvalue weighted by molar-refractivity contribution is -0.143. The maximum Gasteiger partial charge on any atom is 0.330 e. The fourth-order valence-corrected chi connectivity index (χ4v) is 3.59. The van der Waals surface area contributed by atoms with Crippen molar-refractivity contribution < 1.29 is 18.8 Å². The molecule has 2 aromatic heterocycles. The van der Waals surface area contributed by atoms with Gasteiger partial charge in [-0.1, -0.05) is 17.3 Å². The summed E-state index contributed by atoms with van der Waals surface area (Å²) in [6.45, 7) is 2.60. The summed E-state index contributed by atoms with van der Waals surface area (Å²) in [5, 5.41) is 12.9. The number of anilines is 1. The molecular weight excluding hydrogens is 412 g/mol. The third kappa shape index (κ3) is 4.13. The fourth-order valence-electron chi connectivity index (χ4n) is 3.59. The average molecular weight is 432 g/mol. The molecule has 1 aliphatic heterocycles. The Kier molecular flexibility index (Phi) is 5.81. The number of aromatic nitrogens is 3. The van der Waals surface area contributed by atoms with Crippen molar-refractivity contribution in [1.82, 2.24) is 20.0 Å². The predicted molar refractivity (Wildman–Crippen MR) is 112 cm³/mol. The van der Waals surface area contributed by atoms with Gasteiger partial charge in [-0.3, -0.25) is 4.79 Å². The van der Waals surface area contributed by atoms with Crippen LogP contribution in [-0.2, 0) is 9.53 Å². The first-order chi connectivity index (χ1) is 15.5. The Labute approximate surface area is 184 Å². The van der Waals surface area contributed by atoms with E-state index in [-0.39, 0.29) is 12.5 Å². The summed E-state index contributed by atoms with van der Waals surface area (Å²) in [7, 11) is 1.31. The summed E-state index contributed by atoms with van der Waals surface area (Å²) in [5.41, 5.74) is 1.55. The van der Waals surface area contributed by atoms with Crippen molar-refractivity contribution in [3.8, 4) is 17.5 Å². The first kappa shape index (κ1) is 21.0. The van der Waals surface area contributed by atoms with Crippen LogP contribution >= 0.6 is 0 Å². The van der Waals surface area contributed by atoms with E-state index in [0.29, 0.717) is 47.3 Å². The molecule has 3 heterocycles. The smallest absolute Gasteiger partial charge is 0.330 e. The van der Waals surface area contributed by atoms with Crippen LogP contribution in [0.1, 0.15) is 21.8 Å². The molecule has 1 atom stereocenters. The van der Waals surface area contributed by atoms with Crippen LogP contribution in [-0.4, -0.2) is 64.7 Å². The van der Waals surface area contributed by atoms with Crippen molar-refractivity contribution in [3.05, 3.63) is 59.6 Å². The van der Waals surface area contributed by atoms with E-state index in [4.69, 9.17) is 14.5 Å². The van der Waals surface area contributed by atoms with Gasteiger partial charge in [-0.15, -0.1) is 0 Å². The Hall–Kier alpha value is -4.26. The Balaban J connectivity index is 1.56. The molecular formula is C22H20N6O4. The Bertz CT molecular complexity index is 1180. The summed E-state index contributed by atoms with van der Waals surface area (Å²) in [6.07, 6.45) is 1.45. The molecule has 1 saturated heterocycles. The van der Waals surface area contributed by atoms with Gasteiger partial charge in [0.15, 0.2) is 0 Å². The molecule has 32 heavy (non-hydrogen) atoms. The number of piperazine rings is 1. The van der Waals surface area contributed by atoms with Crippen LogP contribution in [0.5, 0.6) is 0 Å². The summed E-state index contributed by atoms with van der Waals surface area (Å²) in [5.74, 6) is 0.700. The fraction of sp³-hybridized carbons (Fsp3) is 0.273. The number of methoxy groups -OCH3 is 1. The van der Waals surface area contributed by atoms with Crippen LogP contribution in [0.15, 0.2) is 47.1 Å². The maximum absolute atomic E-state index is 13.2. The highest BCUT2D eigenvalue weighted by Gasteiger charge is 2.36. The molecule has 1 fully saturated rings. The van der Waals surface area contributed by atoms with E-state index in [1.54, 1.807) is 53.1 Å². The van der Waals surface area contributed by atoms with Gasteiger partial charge in [-0.05, 0) is 24.3 Å². The maximum atomic E-state index is 13.2. The van der Waals surface area contributed by atoms with Crippen molar-refractivity contribution in [2.45, 2.75) is 13.0 Å². The van der Waals surface area contributed by atoms with Gasteiger partial charge >= 0.3 is 5.97 Å². The van der Waals surface area contributed by atoms with E-state index < -0.39 is 12.0 Å². The minimum Gasteiger partial charge on any atom is -0.467 e. The number of aryl methyl sites for hydroxylation is 1. The van der Waals surface area contributed by atoms with E-state index in [0.717, 1.165) is 0 Å². The van der Waals surface area contributed by atoms with Gasteiger partial charge in [-0.2, -0.15) is 10.2 Å². The SMILES string of the molecule is COC(=O)C1CN(C(=O)c2cccc(-c3noc(C)n3)c2)CCN1c1ccc(C#N)cn1. The minimum atomic E-state index is -0.721. The van der Waals surface area contributed by atoms with Crippen LogP contribution in [0, 0.1) is 18.3 Å². The van der Waals surface area contributed by atoms with Crippen LogP contribution in [0.2, 0.25) is 0 Å². The molecule has 0 radical (unpaired) electrons. The van der Waals surface area contributed by atoms with Gasteiger partial charge in [0.1, 0.15) is 17.9 Å². The highest BCUT2D eigenvalue weighted by atomic mass is 16.5. The quantitative estimate of drug-likeness (QED) is 0.567. The first-order valence-corrected chi connectivity index (χ1v) is 9.91. The molecule has 0 N–H and O–H groups in total. The van der Waals surface area contributed by atoms with Crippen molar-refractivity contribution >= 4 is 17.7 Å². The number of benzene rings is 1. The number of esters is 1. The third-order valence-corrected chi connectivity index (χ3v) is 5.21. The monoisotopic (exact) mass is 432 g/mol. The van der Waals surface area contributed by atoms with Gasteiger partial charge in [0.25, 0.3) is 5.91 Å². The molecule has 1 unspecified atom stereocenters. The van der Waals surface area contributed by atoms with Gasteiger partial charge in [0.2, 0.25) is 11.7 Å². The summed E-state index contributed by atoms with van der Waals surface area (Å²) in [4.78, 5) is 37.6. The number of nitrogens with zero attached hydrogens (tertiary/aromatic N) is 6. The molecule has 10 heteroatoms. The second-order valence-corrected chi connectivity index (χ2v) is 7.22. The van der Waals surface area contributed by atoms with E-state index >= 15 is 0 Å². The zero-order valence-corrected chi connectivity index (χ0v) is 17.6. The van der Waals surface area contributed by atoms with E-state index in [1.165, 1.54) is 13.3 Å². The number of carbonyl (C=O) groups excluding carboxylic acids is 2. The number of pyridine rings is 1. The molecule has 1 aliphatic rings. The number of ether oxygens (including phenoxy) is 1. The van der Waals surface area contributed by atoms with Gasteiger partial charge < -0.3 is 19.1 Å². The van der Waals surface area contributed by atoms with Gasteiger partial charge in [-0.25, -0.2) is 9.78 Å². The second-order valence-electron chi connectivity index (χ2n) is 7.22. The van der Waals surface area contributed by atoms with Gasteiger partial charge in [0, 0.05) is 37.3 Å². The lowest BCUT2D eigenvalue weighted by Gasteiger charge is -2.40. The highest BCUT2D eigenvalue weighted by Crippen LogP contribution is 2.23. The third-order valence-electron chi connectivity index (χ3n) is 5.21. The predicted octanol–water partition coefficient (Wildman–Crippen LogP) is 1.82. The average Bonchev–Trinajstić information content (AvgIpc) is 3.29. The summed E-state index contributed by atoms with van der Waals surface area (Å²) in [6, 6.07) is 11.6. The minimum absolute atomic E-state index is 0.138. The molecule has 0 spiro atoms. The second kappa shape index (κ2) is 8.85. The Morgan fingerprint density at radius 3 is 2.75 bits per heavy atom. The van der Waals surface area contributed by atoms with Crippen molar-refractivity contribution in [2.75, 3.05) is 31.6 Å². The molecule has 4 rings (SSSR count). The number of hydrogen-bond donors (Lipinski definition) is 0. The van der Waals surface area contributed by atoms with Crippen molar-refractivity contribution in [3.63, 3.8) is 0 Å². The highest BCUT2D eigenvalue weighted by molar-refractivity contribution is 5.96. The normalized spacial score (nSPS) is 15.8. The number of carbonyl (C=O) groups is 2. The zero-order chi connectivity index (χ0) is 22.7. The Morgan fingerprint density at radius 1 is 1.25 bits per heavy atom. The number of nitriles is 1. The first-order valence-electron chi connectivity index (χ1n) is 9.91. The molecule has 3 aromatic rings. The molecule has 0 aliphatic carbocycles. The summed E-state index contributed by atoms with van der Waals surface area (Å²) < 4.78 is 9.99. The number of rotatable bonds is 4. The standard InChI is InChI=1S/C22H20N6O4/c1-14-25-20(26-32-14)16-4-3-5-17(10-16)21(29)27-8-9-28(18(13-27)22(30)31-2)19-7-6-15(11-23)12-24-19/h3-7,10,12,18H,8-9,13H2,1-2H3. The lowest BCUT2D eigenvalue weighted by Crippen LogP contribution is -2.58. The lowest BCUT2D eigenvalue weighted by atomic mass is 10.1. The number of amides is 1. The summed E-state index contributed by atoms with van der Waals surface area (Å²) >= 11 is 0. The largest absolute Gasteiger partial charge is 0.467 e. The molecule has 10 nitrogen and oxygen atoms in total. The topological polar surface area (TPSA) is 125 Å². The molecule has 0 bridgehead atoms. The van der Waals surface area contributed by atoms with Crippen LogP contribution < -0.4 is 4.90 Å². The molecule has 0 saturated carbocycles. The van der Waals surface area contributed by atoms with E-state index in [2.05, 4.69) is 15.1 Å². The van der Waals surface area contributed by atoms with Gasteiger partial charge in [0.05, 0.1) is 19.2 Å². The van der Waals surface area contributed by atoms with Crippen LogP contribution in [0.3, 0.4) is 0 Å². The van der Waals surface area contributed by atoms with E-state index in [9.17, 15) is 9.59 Å². The van der Waals surface area contributed by atoms with Crippen LogP contribution in [0.25, 0.3) is 11.4 Å².